The van der Waals surface area contributed by atoms with Crippen molar-refractivity contribution in [1.82, 2.24) is 0 Å². The highest BCUT2D eigenvalue weighted by molar-refractivity contribution is 5.72. The molecule has 0 spiro atoms. The molecule has 0 aromatic rings. The molecule has 0 radical (unpaired) electrons. The number of unbranched alkanes of at least 4 members (excludes halogenated alkanes) is 16. The Kier molecular flexibility index (Phi) is 21.3. The monoisotopic (exact) mass is 497 g/mol. The van der Waals surface area contributed by atoms with Gasteiger partial charge in [0, 0.05) is 6.42 Å². The summed E-state index contributed by atoms with van der Waals surface area (Å²) in [7, 11) is 0. The largest absolute Gasteiger partial charge is 0.544 e. The molecule has 0 rings (SSSR count). The number of quaternary nitrogens is 1. The standard InChI is InChI=1S/C28H51NO6/c1-2-3-4-5-6-7-8-9-10-11-12-13-14-15-16-17-18-19-20-21-22-29(23-26(30)31,24-27(32)33)25-28(34)35/h18-19H,2-17,20-25H2,1H3,(H2-,30,31,32,33,34,35)/b19-18+. The maximum atomic E-state index is 11.2. The summed E-state index contributed by atoms with van der Waals surface area (Å²) in [6, 6.07) is 0. The van der Waals surface area contributed by atoms with Crippen molar-refractivity contribution in [3.8, 4) is 0 Å². The Bertz CT molecular complexity index is 549. The number of hydrogen-bond acceptors (Lipinski definition) is 4. The summed E-state index contributed by atoms with van der Waals surface area (Å²) in [6.45, 7) is 0.751. The van der Waals surface area contributed by atoms with Gasteiger partial charge in [-0.05, 0) is 19.3 Å². The Morgan fingerprint density at radius 1 is 0.600 bits per heavy atom. The molecule has 35 heavy (non-hydrogen) atoms. The first-order valence-electron chi connectivity index (χ1n) is 13.9. The highest BCUT2D eigenvalue weighted by Crippen LogP contribution is 2.14. The zero-order valence-electron chi connectivity index (χ0n) is 22.2. The zero-order valence-corrected chi connectivity index (χ0v) is 22.2. The van der Waals surface area contributed by atoms with E-state index in [1.54, 1.807) is 0 Å². The van der Waals surface area contributed by atoms with Gasteiger partial charge in [-0.2, -0.15) is 0 Å². The molecule has 0 aliphatic rings. The van der Waals surface area contributed by atoms with Crippen LogP contribution >= 0.6 is 0 Å². The first kappa shape index (κ1) is 33.1. The molecule has 7 nitrogen and oxygen atoms in total. The van der Waals surface area contributed by atoms with E-state index in [9.17, 15) is 19.5 Å². The van der Waals surface area contributed by atoms with Crippen molar-refractivity contribution < 1.29 is 34.2 Å². The molecule has 0 bridgehead atoms. The topological polar surface area (TPSA) is 115 Å². The van der Waals surface area contributed by atoms with Crippen LogP contribution in [0, 0.1) is 0 Å². The van der Waals surface area contributed by atoms with E-state index in [-0.39, 0.29) is 6.54 Å². The number of hydrogen-bond donors (Lipinski definition) is 2. The van der Waals surface area contributed by atoms with Crippen LogP contribution in [0.4, 0.5) is 0 Å². The molecular weight excluding hydrogens is 446 g/mol. The maximum absolute atomic E-state index is 11.2. The number of allylic oxidation sites excluding steroid dienone is 2. The van der Waals surface area contributed by atoms with Crippen molar-refractivity contribution in [3.05, 3.63) is 12.2 Å². The van der Waals surface area contributed by atoms with Crippen LogP contribution < -0.4 is 5.11 Å². The molecular formula is C28H51NO6. The third-order valence-corrected chi connectivity index (χ3v) is 6.55. The van der Waals surface area contributed by atoms with Gasteiger partial charge in [0.2, 0.25) is 0 Å². The SMILES string of the molecule is CCCCCCCCCCCCCCCCC/C=C/CCC[N+](CC(=O)[O-])(CC(=O)O)CC(=O)O. The maximum Gasteiger partial charge on any atom is 0.359 e. The van der Waals surface area contributed by atoms with Gasteiger partial charge in [0.15, 0.2) is 13.1 Å². The summed E-state index contributed by atoms with van der Waals surface area (Å²) in [4.78, 5) is 33.4. The van der Waals surface area contributed by atoms with Crippen LogP contribution in [-0.2, 0) is 14.4 Å². The van der Waals surface area contributed by atoms with Crippen LogP contribution in [-0.4, -0.2) is 58.8 Å². The minimum absolute atomic E-state index is 0.176. The Hall–Kier alpha value is -1.89. The van der Waals surface area contributed by atoms with Gasteiger partial charge in [0.1, 0.15) is 6.54 Å². The second-order valence-electron chi connectivity index (χ2n) is 10.1. The molecule has 0 fully saturated rings. The molecule has 0 aromatic carbocycles. The fourth-order valence-electron chi connectivity index (χ4n) is 4.67. The van der Waals surface area contributed by atoms with Gasteiger partial charge in [-0.25, -0.2) is 9.59 Å². The van der Waals surface area contributed by atoms with E-state index >= 15 is 0 Å². The summed E-state index contributed by atoms with van der Waals surface area (Å²) in [5.41, 5.74) is 0. The first-order chi connectivity index (χ1) is 16.8. The molecule has 7 heteroatoms. The van der Waals surface area contributed by atoms with Crippen LogP contribution in [0.2, 0.25) is 0 Å². The Labute approximate surface area is 213 Å². The number of carbonyl (C=O) groups is 3. The van der Waals surface area contributed by atoms with Gasteiger partial charge < -0.3 is 24.6 Å². The second-order valence-corrected chi connectivity index (χ2v) is 10.1. The van der Waals surface area contributed by atoms with Crippen molar-refractivity contribution in [3.63, 3.8) is 0 Å². The quantitative estimate of drug-likeness (QED) is 0.0949. The average molecular weight is 498 g/mol. The minimum atomic E-state index is -1.43. The normalized spacial score (nSPS) is 11.8. The number of carbonyl (C=O) groups excluding carboxylic acids is 1. The zero-order chi connectivity index (χ0) is 26.2. The number of carboxylic acids is 3. The smallest absolute Gasteiger partial charge is 0.359 e. The predicted octanol–water partition coefficient (Wildman–Crippen LogP) is 5.32. The van der Waals surface area contributed by atoms with Crippen LogP contribution in [0.15, 0.2) is 12.2 Å². The van der Waals surface area contributed by atoms with Gasteiger partial charge in [-0.1, -0.05) is 109 Å². The molecule has 0 aliphatic carbocycles. The van der Waals surface area contributed by atoms with E-state index in [0.29, 0.717) is 12.8 Å². The van der Waals surface area contributed by atoms with Crippen LogP contribution in [0.3, 0.4) is 0 Å². The Morgan fingerprint density at radius 3 is 1.34 bits per heavy atom. The lowest BCUT2D eigenvalue weighted by atomic mass is 10.0. The van der Waals surface area contributed by atoms with E-state index in [1.807, 2.05) is 6.08 Å². The van der Waals surface area contributed by atoms with Gasteiger partial charge in [-0.3, -0.25) is 0 Å². The average Bonchev–Trinajstić information content (AvgIpc) is 2.76. The van der Waals surface area contributed by atoms with Crippen LogP contribution in [0.25, 0.3) is 0 Å². The number of carboxylic acid groups (broad SMARTS) is 3. The molecule has 0 unspecified atom stereocenters. The van der Waals surface area contributed by atoms with Gasteiger partial charge in [0.25, 0.3) is 0 Å². The fraction of sp³-hybridized carbons (Fsp3) is 0.821. The van der Waals surface area contributed by atoms with Crippen molar-refractivity contribution >= 4 is 17.9 Å². The molecule has 0 aromatic heterocycles. The van der Waals surface area contributed by atoms with Crippen molar-refractivity contribution in [2.24, 2.45) is 0 Å². The summed E-state index contributed by atoms with van der Waals surface area (Å²) in [6.07, 6.45) is 26.5. The molecule has 0 amide bonds. The van der Waals surface area contributed by atoms with Crippen LogP contribution in [0.1, 0.15) is 122 Å². The van der Waals surface area contributed by atoms with Crippen molar-refractivity contribution in [1.29, 1.82) is 0 Å². The lowest BCUT2D eigenvalue weighted by molar-refractivity contribution is -0.909. The van der Waals surface area contributed by atoms with Crippen molar-refractivity contribution in [2.75, 3.05) is 26.2 Å². The number of aliphatic carboxylic acids is 3. The summed E-state index contributed by atoms with van der Waals surface area (Å²) >= 11 is 0. The van der Waals surface area contributed by atoms with E-state index in [0.717, 1.165) is 12.8 Å². The van der Waals surface area contributed by atoms with Gasteiger partial charge >= 0.3 is 11.9 Å². The third-order valence-electron chi connectivity index (χ3n) is 6.55. The highest BCUT2D eigenvalue weighted by atomic mass is 16.4. The molecule has 0 heterocycles. The van der Waals surface area contributed by atoms with E-state index in [1.165, 1.54) is 89.9 Å². The highest BCUT2D eigenvalue weighted by Gasteiger charge is 2.33. The summed E-state index contributed by atoms with van der Waals surface area (Å²) < 4.78 is -0.528. The molecule has 0 saturated carbocycles. The number of rotatable bonds is 26. The molecule has 204 valence electrons. The molecule has 0 saturated heterocycles. The Morgan fingerprint density at radius 2 is 0.971 bits per heavy atom. The first-order valence-corrected chi connectivity index (χ1v) is 13.9. The second kappa shape index (κ2) is 22.6. The van der Waals surface area contributed by atoms with Gasteiger partial charge in [-0.15, -0.1) is 0 Å². The Balaban J connectivity index is 3.76. The van der Waals surface area contributed by atoms with Crippen LogP contribution in [0.5, 0.6) is 0 Å². The summed E-state index contributed by atoms with van der Waals surface area (Å²) in [5, 5.41) is 29.3. The van der Waals surface area contributed by atoms with Gasteiger partial charge in [0.05, 0.1) is 12.5 Å². The predicted molar refractivity (Wildman–Crippen MR) is 138 cm³/mol. The minimum Gasteiger partial charge on any atom is -0.544 e. The summed E-state index contributed by atoms with van der Waals surface area (Å²) in [5.74, 6) is -3.86. The van der Waals surface area contributed by atoms with E-state index in [2.05, 4.69) is 13.0 Å². The molecule has 0 atom stereocenters. The third kappa shape index (κ3) is 22.3. The molecule has 2 N–H and O–H groups in total. The number of nitrogens with zero attached hydrogens (tertiary/aromatic N) is 1. The molecule has 0 aliphatic heterocycles. The lowest BCUT2D eigenvalue weighted by Crippen LogP contribution is -2.59. The van der Waals surface area contributed by atoms with E-state index in [4.69, 9.17) is 10.2 Å². The lowest BCUT2D eigenvalue weighted by Gasteiger charge is -2.36. The fourth-order valence-corrected chi connectivity index (χ4v) is 4.67. The van der Waals surface area contributed by atoms with Crippen molar-refractivity contribution in [2.45, 2.75) is 122 Å². The van der Waals surface area contributed by atoms with E-state index < -0.39 is 42.0 Å².